The molecule has 0 aliphatic carbocycles. The van der Waals surface area contributed by atoms with Gasteiger partial charge in [-0.15, -0.1) is 0 Å². The van der Waals surface area contributed by atoms with Crippen molar-refractivity contribution in [2.24, 2.45) is 11.1 Å². The second-order valence-electron chi connectivity index (χ2n) is 2.89. The second kappa shape index (κ2) is 5.11. The molecule has 0 aliphatic rings. The monoisotopic (exact) mass is 175 g/mol. The molecule has 12 heavy (non-hydrogen) atoms. The molecule has 0 amide bonds. The van der Waals surface area contributed by atoms with Crippen LogP contribution in [0.25, 0.3) is 0 Å². The van der Waals surface area contributed by atoms with Crippen molar-refractivity contribution in [3.05, 3.63) is 0 Å². The molecule has 0 bridgehead atoms. The summed E-state index contributed by atoms with van der Waals surface area (Å²) in [5.41, 5.74) is 4.74. The van der Waals surface area contributed by atoms with E-state index in [0.29, 0.717) is 13.2 Å². The number of methoxy groups -OCH3 is 1. The van der Waals surface area contributed by atoms with Gasteiger partial charge in [0.05, 0.1) is 13.7 Å². The molecule has 1 atom stereocenters. The van der Waals surface area contributed by atoms with Crippen molar-refractivity contribution in [2.45, 2.75) is 13.8 Å². The van der Waals surface area contributed by atoms with Gasteiger partial charge in [0.25, 0.3) is 0 Å². The summed E-state index contributed by atoms with van der Waals surface area (Å²) < 4.78 is 9.74. The Kier molecular flexibility index (Phi) is 4.85. The zero-order valence-electron chi connectivity index (χ0n) is 7.92. The fourth-order valence-corrected chi connectivity index (χ4v) is 0.775. The van der Waals surface area contributed by atoms with Crippen molar-refractivity contribution in [1.29, 1.82) is 0 Å². The summed E-state index contributed by atoms with van der Waals surface area (Å²) in [5, 5.41) is 0. The highest BCUT2D eigenvalue weighted by molar-refractivity contribution is 5.76. The fourth-order valence-electron chi connectivity index (χ4n) is 0.775. The first-order chi connectivity index (χ1) is 5.60. The number of esters is 1. The van der Waals surface area contributed by atoms with Gasteiger partial charge in [-0.1, -0.05) is 0 Å². The van der Waals surface area contributed by atoms with Gasteiger partial charge in [-0.3, -0.25) is 4.79 Å². The molecule has 72 valence electrons. The first-order valence-corrected chi connectivity index (χ1v) is 3.97. The lowest BCUT2D eigenvalue weighted by Crippen LogP contribution is -2.40. The number of nitrogens with two attached hydrogens (primary N) is 1. The van der Waals surface area contributed by atoms with Crippen LogP contribution in [-0.4, -0.2) is 32.8 Å². The SMILES string of the molecule is CCOCC(C)(CN)C(=O)OC. The molecule has 2 N–H and O–H groups in total. The van der Waals surface area contributed by atoms with Crippen LogP contribution in [0.1, 0.15) is 13.8 Å². The van der Waals surface area contributed by atoms with Crippen molar-refractivity contribution in [3.8, 4) is 0 Å². The largest absolute Gasteiger partial charge is 0.468 e. The maximum absolute atomic E-state index is 11.2. The van der Waals surface area contributed by atoms with E-state index < -0.39 is 5.41 Å². The summed E-state index contributed by atoms with van der Waals surface area (Å²) in [4.78, 5) is 11.2. The Morgan fingerprint density at radius 3 is 2.50 bits per heavy atom. The molecule has 0 aromatic rings. The fraction of sp³-hybridized carbons (Fsp3) is 0.875. The van der Waals surface area contributed by atoms with Gasteiger partial charge in [-0.25, -0.2) is 0 Å². The third-order valence-electron chi connectivity index (χ3n) is 1.75. The number of carbonyl (C=O) groups excluding carboxylic acids is 1. The molecule has 0 aromatic heterocycles. The Morgan fingerprint density at radius 1 is 1.58 bits per heavy atom. The predicted octanol–water partition coefficient (Wildman–Crippen LogP) is 0.161. The second-order valence-corrected chi connectivity index (χ2v) is 2.89. The van der Waals surface area contributed by atoms with Gasteiger partial charge in [0, 0.05) is 13.2 Å². The van der Waals surface area contributed by atoms with E-state index in [2.05, 4.69) is 4.74 Å². The van der Waals surface area contributed by atoms with E-state index in [4.69, 9.17) is 10.5 Å². The standard InChI is InChI=1S/C8H17NO3/c1-4-12-6-8(2,5-9)7(10)11-3/h4-6,9H2,1-3H3. The number of hydrogen-bond acceptors (Lipinski definition) is 4. The smallest absolute Gasteiger partial charge is 0.315 e. The molecule has 4 nitrogen and oxygen atoms in total. The lowest BCUT2D eigenvalue weighted by molar-refractivity contribution is -0.154. The molecule has 0 fully saturated rings. The summed E-state index contributed by atoms with van der Waals surface area (Å²) in [6.45, 7) is 4.72. The highest BCUT2D eigenvalue weighted by atomic mass is 16.5. The first-order valence-electron chi connectivity index (χ1n) is 3.97. The number of ether oxygens (including phenoxy) is 2. The van der Waals surface area contributed by atoms with E-state index in [1.54, 1.807) is 6.92 Å². The van der Waals surface area contributed by atoms with Crippen molar-refractivity contribution in [2.75, 3.05) is 26.9 Å². The van der Waals surface area contributed by atoms with Crippen LogP contribution < -0.4 is 5.73 Å². The van der Waals surface area contributed by atoms with Crippen LogP contribution in [0.5, 0.6) is 0 Å². The van der Waals surface area contributed by atoms with Gasteiger partial charge < -0.3 is 15.2 Å². The molecule has 0 aliphatic heterocycles. The molecule has 0 spiro atoms. The van der Waals surface area contributed by atoms with Crippen molar-refractivity contribution in [1.82, 2.24) is 0 Å². The molecular formula is C8H17NO3. The predicted molar refractivity (Wildman–Crippen MR) is 45.7 cm³/mol. The molecule has 0 aromatic carbocycles. The van der Waals surface area contributed by atoms with Gasteiger partial charge in [-0.2, -0.15) is 0 Å². The van der Waals surface area contributed by atoms with E-state index in [1.807, 2.05) is 6.92 Å². The number of rotatable bonds is 5. The summed E-state index contributed by atoms with van der Waals surface area (Å²) in [7, 11) is 1.35. The Hall–Kier alpha value is -0.610. The van der Waals surface area contributed by atoms with Crippen molar-refractivity contribution >= 4 is 5.97 Å². The van der Waals surface area contributed by atoms with Crippen LogP contribution in [0.3, 0.4) is 0 Å². The Bertz CT molecular complexity index is 149. The first kappa shape index (κ1) is 11.4. The Labute approximate surface area is 73.0 Å². The van der Waals surface area contributed by atoms with Crippen LogP contribution in [0.2, 0.25) is 0 Å². The zero-order chi connectivity index (χ0) is 9.61. The average Bonchev–Trinajstić information content (AvgIpc) is 2.12. The summed E-state index contributed by atoms with van der Waals surface area (Å²) in [5.74, 6) is -0.321. The number of carbonyl (C=O) groups is 1. The Balaban J connectivity index is 4.13. The topological polar surface area (TPSA) is 61.5 Å². The van der Waals surface area contributed by atoms with Crippen LogP contribution in [0, 0.1) is 5.41 Å². The minimum Gasteiger partial charge on any atom is -0.468 e. The van der Waals surface area contributed by atoms with E-state index in [0.717, 1.165) is 0 Å². The van der Waals surface area contributed by atoms with E-state index in [-0.39, 0.29) is 12.5 Å². The van der Waals surface area contributed by atoms with Crippen molar-refractivity contribution < 1.29 is 14.3 Å². The lowest BCUT2D eigenvalue weighted by Gasteiger charge is -2.23. The quantitative estimate of drug-likeness (QED) is 0.605. The van der Waals surface area contributed by atoms with E-state index >= 15 is 0 Å². The highest BCUT2D eigenvalue weighted by Gasteiger charge is 2.33. The minimum atomic E-state index is -0.704. The average molecular weight is 175 g/mol. The van der Waals surface area contributed by atoms with Gasteiger partial charge >= 0.3 is 5.97 Å². The van der Waals surface area contributed by atoms with Crippen LogP contribution in [0.4, 0.5) is 0 Å². The molecule has 1 unspecified atom stereocenters. The maximum Gasteiger partial charge on any atom is 0.315 e. The van der Waals surface area contributed by atoms with Crippen LogP contribution >= 0.6 is 0 Å². The highest BCUT2D eigenvalue weighted by Crippen LogP contribution is 2.16. The van der Waals surface area contributed by atoms with Gasteiger partial charge in [0.2, 0.25) is 0 Å². The molecule has 0 saturated heterocycles. The lowest BCUT2D eigenvalue weighted by atomic mass is 9.92. The third kappa shape index (κ3) is 2.79. The van der Waals surface area contributed by atoms with E-state index in [9.17, 15) is 4.79 Å². The normalized spacial score (nSPS) is 15.3. The third-order valence-corrected chi connectivity index (χ3v) is 1.75. The van der Waals surface area contributed by atoms with E-state index in [1.165, 1.54) is 7.11 Å². The van der Waals surface area contributed by atoms with Gasteiger partial charge in [-0.05, 0) is 13.8 Å². The maximum atomic E-state index is 11.2. The number of hydrogen-bond donors (Lipinski definition) is 1. The van der Waals surface area contributed by atoms with Crippen LogP contribution in [-0.2, 0) is 14.3 Å². The zero-order valence-corrected chi connectivity index (χ0v) is 7.92. The molecule has 0 radical (unpaired) electrons. The van der Waals surface area contributed by atoms with Gasteiger partial charge in [0.1, 0.15) is 5.41 Å². The summed E-state index contributed by atoms with van der Waals surface area (Å²) in [6, 6.07) is 0. The molecule has 0 saturated carbocycles. The Morgan fingerprint density at radius 2 is 2.17 bits per heavy atom. The minimum absolute atomic E-state index is 0.236. The summed E-state index contributed by atoms with van der Waals surface area (Å²) in [6.07, 6.45) is 0. The van der Waals surface area contributed by atoms with Crippen molar-refractivity contribution in [3.63, 3.8) is 0 Å². The van der Waals surface area contributed by atoms with Crippen LogP contribution in [0.15, 0.2) is 0 Å². The molecule has 4 heteroatoms. The molecule has 0 rings (SSSR count). The molecule has 0 heterocycles. The summed E-state index contributed by atoms with van der Waals surface area (Å²) >= 11 is 0. The molecular weight excluding hydrogens is 158 g/mol. The van der Waals surface area contributed by atoms with Gasteiger partial charge in [0.15, 0.2) is 0 Å².